The van der Waals surface area contributed by atoms with Gasteiger partial charge in [0.05, 0.1) is 0 Å². The van der Waals surface area contributed by atoms with Crippen molar-refractivity contribution in [3.8, 4) is 0 Å². The lowest BCUT2D eigenvalue weighted by molar-refractivity contribution is -0.130. The number of hydrogen-bond donors (Lipinski definition) is 0. The minimum atomic E-state index is 0.255. The molecule has 0 saturated heterocycles. The van der Waals surface area contributed by atoms with Crippen LogP contribution in [0.25, 0.3) is 0 Å². The molecular formula is C11H22ClNO. The quantitative estimate of drug-likeness (QED) is 0.476. The molecule has 1 amide bonds. The lowest BCUT2D eigenvalue weighted by Gasteiger charge is -2.18. The number of alkyl halides is 1. The zero-order valence-electron chi connectivity index (χ0n) is 9.55. The molecule has 0 aromatic carbocycles. The fourth-order valence-corrected chi connectivity index (χ4v) is 1.44. The van der Waals surface area contributed by atoms with Gasteiger partial charge in [0.1, 0.15) is 0 Å². The molecule has 0 radical (unpaired) electrons. The van der Waals surface area contributed by atoms with Crippen molar-refractivity contribution in [2.45, 2.75) is 39.5 Å². The molecule has 0 aliphatic carbocycles. The molecule has 0 aliphatic heterocycles. The van der Waals surface area contributed by atoms with Gasteiger partial charge < -0.3 is 4.90 Å². The Labute approximate surface area is 92.6 Å². The van der Waals surface area contributed by atoms with E-state index in [1.165, 1.54) is 0 Å². The third kappa shape index (κ3) is 7.19. The van der Waals surface area contributed by atoms with Crippen molar-refractivity contribution in [1.29, 1.82) is 0 Å². The normalized spacial score (nSPS) is 10.6. The largest absolute Gasteiger partial charge is 0.346 e. The van der Waals surface area contributed by atoms with Gasteiger partial charge in [0, 0.05) is 25.9 Å². The second kappa shape index (κ2) is 8.10. The summed E-state index contributed by atoms with van der Waals surface area (Å²) in [5.74, 6) is 1.43. The van der Waals surface area contributed by atoms with Crippen LogP contribution >= 0.6 is 11.6 Å². The molecule has 0 unspecified atom stereocenters. The first-order chi connectivity index (χ1) is 6.57. The van der Waals surface area contributed by atoms with Crippen LogP contribution in [-0.2, 0) is 4.79 Å². The average Bonchev–Trinajstić information content (AvgIpc) is 2.11. The van der Waals surface area contributed by atoms with E-state index in [-0.39, 0.29) is 5.91 Å². The van der Waals surface area contributed by atoms with Gasteiger partial charge in [-0.2, -0.15) is 0 Å². The zero-order valence-corrected chi connectivity index (χ0v) is 10.3. The van der Waals surface area contributed by atoms with E-state index in [4.69, 9.17) is 11.6 Å². The summed E-state index contributed by atoms with van der Waals surface area (Å²) >= 11 is 5.57. The lowest BCUT2D eigenvalue weighted by atomic mass is 10.1. The second-order valence-corrected chi connectivity index (χ2v) is 4.54. The van der Waals surface area contributed by atoms with E-state index in [9.17, 15) is 4.79 Å². The number of carbonyl (C=O) groups is 1. The topological polar surface area (TPSA) is 20.3 Å². The summed E-state index contributed by atoms with van der Waals surface area (Å²) in [5.41, 5.74) is 0. The molecule has 0 atom stereocenters. The first-order valence-electron chi connectivity index (χ1n) is 5.37. The Kier molecular flexibility index (Phi) is 7.96. The van der Waals surface area contributed by atoms with Crippen LogP contribution in [0, 0.1) is 5.92 Å². The molecule has 0 N–H and O–H groups in total. The first-order valence-corrected chi connectivity index (χ1v) is 5.91. The summed E-state index contributed by atoms with van der Waals surface area (Å²) in [5, 5.41) is 0. The van der Waals surface area contributed by atoms with Gasteiger partial charge in [-0.3, -0.25) is 4.79 Å². The second-order valence-electron chi connectivity index (χ2n) is 4.16. The molecule has 84 valence electrons. The number of halogens is 1. The van der Waals surface area contributed by atoms with Crippen LogP contribution in [0.5, 0.6) is 0 Å². The molecule has 0 rings (SSSR count). The van der Waals surface area contributed by atoms with Crippen molar-refractivity contribution in [3.63, 3.8) is 0 Å². The fraction of sp³-hybridized carbons (Fsp3) is 0.909. The summed E-state index contributed by atoms with van der Waals surface area (Å²) in [4.78, 5) is 13.3. The fourth-order valence-electron chi connectivity index (χ4n) is 1.25. The van der Waals surface area contributed by atoms with Crippen LogP contribution in [-0.4, -0.2) is 30.3 Å². The van der Waals surface area contributed by atoms with Crippen molar-refractivity contribution in [2.75, 3.05) is 19.5 Å². The lowest BCUT2D eigenvalue weighted by Crippen LogP contribution is -2.28. The minimum Gasteiger partial charge on any atom is -0.346 e. The zero-order chi connectivity index (χ0) is 11.0. The minimum absolute atomic E-state index is 0.255. The molecular weight excluding hydrogens is 198 g/mol. The summed E-state index contributed by atoms with van der Waals surface area (Å²) < 4.78 is 0. The van der Waals surface area contributed by atoms with E-state index in [1.54, 1.807) is 0 Å². The third-order valence-electron chi connectivity index (χ3n) is 2.14. The summed E-state index contributed by atoms with van der Waals surface area (Å²) in [6.07, 6.45) is 3.88. The molecule has 0 spiro atoms. The maximum atomic E-state index is 11.5. The molecule has 2 nitrogen and oxygen atoms in total. The van der Waals surface area contributed by atoms with Gasteiger partial charge in [0.2, 0.25) is 5.91 Å². The van der Waals surface area contributed by atoms with Gasteiger partial charge in [0.25, 0.3) is 0 Å². The van der Waals surface area contributed by atoms with Crippen LogP contribution in [0.3, 0.4) is 0 Å². The molecule has 0 aromatic rings. The van der Waals surface area contributed by atoms with Gasteiger partial charge in [-0.1, -0.05) is 20.3 Å². The Hall–Kier alpha value is -0.240. The number of rotatable bonds is 7. The SMILES string of the molecule is CC(C)CC(=O)N(C)CCCCCCl. The van der Waals surface area contributed by atoms with Crippen LogP contribution in [0.15, 0.2) is 0 Å². The molecule has 0 saturated carbocycles. The molecule has 0 bridgehead atoms. The van der Waals surface area contributed by atoms with Crippen molar-refractivity contribution in [2.24, 2.45) is 5.92 Å². The number of unbranched alkanes of at least 4 members (excludes halogenated alkanes) is 2. The van der Waals surface area contributed by atoms with E-state index in [1.807, 2.05) is 11.9 Å². The Bertz CT molecular complexity index is 159. The maximum Gasteiger partial charge on any atom is 0.222 e. The van der Waals surface area contributed by atoms with Gasteiger partial charge in [-0.05, 0) is 18.8 Å². The summed E-state index contributed by atoms with van der Waals surface area (Å²) in [7, 11) is 1.88. The Morgan fingerprint density at radius 1 is 1.29 bits per heavy atom. The smallest absolute Gasteiger partial charge is 0.222 e. The number of nitrogens with zero attached hydrogens (tertiary/aromatic N) is 1. The van der Waals surface area contributed by atoms with E-state index >= 15 is 0 Å². The van der Waals surface area contributed by atoms with Crippen molar-refractivity contribution >= 4 is 17.5 Å². The Balaban J connectivity index is 3.52. The predicted molar refractivity (Wildman–Crippen MR) is 61.7 cm³/mol. The molecule has 0 aromatic heterocycles. The van der Waals surface area contributed by atoms with Crippen LogP contribution in [0.1, 0.15) is 39.5 Å². The van der Waals surface area contributed by atoms with Gasteiger partial charge in [-0.15, -0.1) is 11.6 Å². The van der Waals surface area contributed by atoms with E-state index in [0.29, 0.717) is 12.3 Å². The van der Waals surface area contributed by atoms with E-state index in [0.717, 1.165) is 31.7 Å². The van der Waals surface area contributed by atoms with Crippen LogP contribution in [0.2, 0.25) is 0 Å². The standard InChI is InChI=1S/C11H22ClNO/c1-10(2)9-11(14)13(3)8-6-4-5-7-12/h10H,4-9H2,1-3H3. The Morgan fingerprint density at radius 2 is 1.93 bits per heavy atom. The summed E-state index contributed by atoms with van der Waals surface area (Å²) in [6, 6.07) is 0. The number of amides is 1. The highest BCUT2D eigenvalue weighted by Gasteiger charge is 2.09. The molecule has 0 fully saturated rings. The van der Waals surface area contributed by atoms with Crippen LogP contribution < -0.4 is 0 Å². The van der Waals surface area contributed by atoms with E-state index < -0.39 is 0 Å². The van der Waals surface area contributed by atoms with Gasteiger partial charge >= 0.3 is 0 Å². The van der Waals surface area contributed by atoms with Gasteiger partial charge in [-0.25, -0.2) is 0 Å². The predicted octanol–water partition coefficient (Wildman–Crippen LogP) is 2.90. The van der Waals surface area contributed by atoms with E-state index in [2.05, 4.69) is 13.8 Å². The summed E-state index contributed by atoms with van der Waals surface area (Å²) in [6.45, 7) is 5.00. The molecule has 3 heteroatoms. The molecule has 14 heavy (non-hydrogen) atoms. The highest BCUT2D eigenvalue weighted by molar-refractivity contribution is 6.17. The highest BCUT2D eigenvalue weighted by Crippen LogP contribution is 2.04. The highest BCUT2D eigenvalue weighted by atomic mass is 35.5. The van der Waals surface area contributed by atoms with Crippen molar-refractivity contribution < 1.29 is 4.79 Å². The maximum absolute atomic E-state index is 11.5. The molecule has 0 aliphatic rings. The number of hydrogen-bond acceptors (Lipinski definition) is 1. The van der Waals surface area contributed by atoms with Crippen LogP contribution in [0.4, 0.5) is 0 Å². The number of carbonyl (C=O) groups excluding carboxylic acids is 1. The third-order valence-corrected chi connectivity index (χ3v) is 2.40. The monoisotopic (exact) mass is 219 g/mol. The van der Waals surface area contributed by atoms with Crippen molar-refractivity contribution in [1.82, 2.24) is 4.90 Å². The Morgan fingerprint density at radius 3 is 2.43 bits per heavy atom. The first kappa shape index (κ1) is 13.8. The van der Waals surface area contributed by atoms with Gasteiger partial charge in [0.15, 0.2) is 0 Å². The van der Waals surface area contributed by atoms with Crippen molar-refractivity contribution in [3.05, 3.63) is 0 Å². The average molecular weight is 220 g/mol. The molecule has 0 heterocycles.